The van der Waals surface area contributed by atoms with Gasteiger partial charge in [-0.05, 0) is 18.9 Å². The predicted molar refractivity (Wildman–Crippen MR) is 70.6 cm³/mol. The third-order valence-corrected chi connectivity index (χ3v) is 3.45. The Balaban J connectivity index is 2.43. The standard InChI is InChI=1S/C14H21NO3/c1-9-5-11(15-8-9)14-12(17-3)6-10(16-2)7-13(14)18-4/h6-7,9,11,15H,5,8H2,1-4H3. The Morgan fingerprint density at radius 2 is 1.67 bits per heavy atom. The first-order chi connectivity index (χ1) is 8.69. The second kappa shape index (κ2) is 5.48. The topological polar surface area (TPSA) is 39.7 Å². The van der Waals surface area contributed by atoms with E-state index in [1.807, 2.05) is 12.1 Å². The molecule has 0 aliphatic carbocycles. The average Bonchev–Trinajstić information content (AvgIpc) is 2.83. The molecule has 0 radical (unpaired) electrons. The van der Waals surface area contributed by atoms with Crippen LogP contribution >= 0.6 is 0 Å². The zero-order chi connectivity index (χ0) is 13.1. The highest BCUT2D eigenvalue weighted by molar-refractivity contribution is 5.52. The molecule has 2 rings (SSSR count). The van der Waals surface area contributed by atoms with Gasteiger partial charge in [0.2, 0.25) is 0 Å². The van der Waals surface area contributed by atoms with Crippen LogP contribution < -0.4 is 19.5 Å². The molecule has 4 nitrogen and oxygen atoms in total. The number of rotatable bonds is 4. The molecule has 0 spiro atoms. The number of nitrogens with one attached hydrogen (secondary N) is 1. The monoisotopic (exact) mass is 251 g/mol. The Morgan fingerprint density at radius 1 is 1.06 bits per heavy atom. The minimum absolute atomic E-state index is 0.288. The largest absolute Gasteiger partial charge is 0.496 e. The third kappa shape index (κ3) is 2.38. The summed E-state index contributed by atoms with van der Waals surface area (Å²) in [5.41, 5.74) is 1.09. The van der Waals surface area contributed by atoms with Crippen LogP contribution in [0.1, 0.15) is 24.9 Å². The molecule has 0 saturated carbocycles. The van der Waals surface area contributed by atoms with E-state index in [1.54, 1.807) is 21.3 Å². The Bertz CT molecular complexity index is 394. The molecule has 2 unspecified atom stereocenters. The lowest BCUT2D eigenvalue weighted by molar-refractivity contribution is 0.361. The molecule has 1 aliphatic rings. The number of hydrogen-bond acceptors (Lipinski definition) is 4. The lowest BCUT2D eigenvalue weighted by Gasteiger charge is -2.19. The maximum atomic E-state index is 5.48. The molecule has 1 heterocycles. The maximum Gasteiger partial charge on any atom is 0.131 e. The van der Waals surface area contributed by atoms with Gasteiger partial charge >= 0.3 is 0 Å². The molecule has 1 fully saturated rings. The molecule has 0 aromatic heterocycles. The number of methoxy groups -OCH3 is 3. The van der Waals surface area contributed by atoms with Crippen molar-refractivity contribution in [1.82, 2.24) is 5.32 Å². The molecule has 100 valence electrons. The summed E-state index contributed by atoms with van der Waals surface area (Å²) in [6.45, 7) is 3.28. The van der Waals surface area contributed by atoms with Gasteiger partial charge in [-0.3, -0.25) is 0 Å². The lowest BCUT2D eigenvalue weighted by atomic mass is 9.99. The van der Waals surface area contributed by atoms with E-state index in [4.69, 9.17) is 14.2 Å². The fraction of sp³-hybridized carbons (Fsp3) is 0.571. The fourth-order valence-electron chi connectivity index (χ4n) is 2.51. The van der Waals surface area contributed by atoms with Crippen molar-refractivity contribution in [3.8, 4) is 17.2 Å². The zero-order valence-corrected chi connectivity index (χ0v) is 11.4. The van der Waals surface area contributed by atoms with E-state index < -0.39 is 0 Å². The van der Waals surface area contributed by atoms with Gasteiger partial charge in [-0.1, -0.05) is 6.92 Å². The molecule has 18 heavy (non-hydrogen) atoms. The van der Waals surface area contributed by atoms with Crippen LogP contribution in [0.3, 0.4) is 0 Å². The highest BCUT2D eigenvalue weighted by Gasteiger charge is 2.28. The molecule has 1 aromatic carbocycles. The van der Waals surface area contributed by atoms with Crippen molar-refractivity contribution < 1.29 is 14.2 Å². The van der Waals surface area contributed by atoms with Crippen molar-refractivity contribution >= 4 is 0 Å². The first-order valence-corrected chi connectivity index (χ1v) is 6.22. The zero-order valence-electron chi connectivity index (χ0n) is 11.4. The van der Waals surface area contributed by atoms with Gasteiger partial charge in [0, 0.05) is 18.2 Å². The van der Waals surface area contributed by atoms with Crippen molar-refractivity contribution in [3.63, 3.8) is 0 Å². The van der Waals surface area contributed by atoms with Crippen LogP contribution in [0.4, 0.5) is 0 Å². The minimum atomic E-state index is 0.288. The maximum absolute atomic E-state index is 5.48. The quantitative estimate of drug-likeness (QED) is 0.892. The van der Waals surface area contributed by atoms with E-state index in [0.29, 0.717) is 5.92 Å². The number of benzene rings is 1. The third-order valence-electron chi connectivity index (χ3n) is 3.45. The van der Waals surface area contributed by atoms with E-state index in [9.17, 15) is 0 Å². The molecule has 0 amide bonds. The van der Waals surface area contributed by atoms with Gasteiger partial charge in [-0.25, -0.2) is 0 Å². The summed E-state index contributed by atoms with van der Waals surface area (Å²) in [5.74, 6) is 3.06. The van der Waals surface area contributed by atoms with Gasteiger partial charge < -0.3 is 19.5 Å². The summed E-state index contributed by atoms with van der Waals surface area (Å²) in [4.78, 5) is 0. The minimum Gasteiger partial charge on any atom is -0.496 e. The fourth-order valence-corrected chi connectivity index (χ4v) is 2.51. The van der Waals surface area contributed by atoms with E-state index in [2.05, 4.69) is 12.2 Å². The lowest BCUT2D eigenvalue weighted by Crippen LogP contribution is -2.15. The van der Waals surface area contributed by atoms with Gasteiger partial charge in [0.15, 0.2) is 0 Å². The summed E-state index contributed by atoms with van der Waals surface area (Å²) >= 11 is 0. The van der Waals surface area contributed by atoms with Crippen LogP contribution in [0.5, 0.6) is 17.2 Å². The number of ether oxygens (including phenoxy) is 3. The summed E-state index contributed by atoms with van der Waals surface area (Å²) < 4.78 is 16.2. The van der Waals surface area contributed by atoms with Crippen LogP contribution in [-0.2, 0) is 0 Å². The van der Waals surface area contributed by atoms with Crippen molar-refractivity contribution in [2.75, 3.05) is 27.9 Å². The second-order valence-corrected chi connectivity index (χ2v) is 4.75. The smallest absolute Gasteiger partial charge is 0.131 e. The van der Waals surface area contributed by atoms with E-state index >= 15 is 0 Å². The van der Waals surface area contributed by atoms with Crippen molar-refractivity contribution in [2.45, 2.75) is 19.4 Å². The predicted octanol–water partition coefficient (Wildman–Crippen LogP) is 2.38. The molecule has 1 N–H and O–H groups in total. The SMILES string of the molecule is COc1cc(OC)c(C2CC(C)CN2)c(OC)c1. The Morgan fingerprint density at radius 3 is 2.06 bits per heavy atom. The summed E-state index contributed by atoms with van der Waals surface area (Å²) in [6.07, 6.45) is 1.10. The van der Waals surface area contributed by atoms with Crippen molar-refractivity contribution in [3.05, 3.63) is 17.7 Å². The molecule has 1 saturated heterocycles. The summed E-state index contributed by atoms with van der Waals surface area (Å²) in [7, 11) is 5.00. The highest BCUT2D eigenvalue weighted by atomic mass is 16.5. The molecule has 1 aliphatic heterocycles. The molecular weight excluding hydrogens is 230 g/mol. The molecule has 1 aromatic rings. The van der Waals surface area contributed by atoms with Gasteiger partial charge in [-0.15, -0.1) is 0 Å². The summed E-state index contributed by atoms with van der Waals surface area (Å²) in [5, 5.41) is 3.51. The van der Waals surface area contributed by atoms with Crippen molar-refractivity contribution in [1.29, 1.82) is 0 Å². The second-order valence-electron chi connectivity index (χ2n) is 4.75. The van der Waals surface area contributed by atoms with Gasteiger partial charge in [-0.2, -0.15) is 0 Å². The van der Waals surface area contributed by atoms with Gasteiger partial charge in [0.25, 0.3) is 0 Å². The Kier molecular flexibility index (Phi) is 3.97. The van der Waals surface area contributed by atoms with Crippen molar-refractivity contribution in [2.24, 2.45) is 5.92 Å². The van der Waals surface area contributed by atoms with E-state index in [0.717, 1.165) is 35.8 Å². The summed E-state index contributed by atoms with van der Waals surface area (Å²) in [6, 6.07) is 4.10. The average molecular weight is 251 g/mol. The normalized spacial score (nSPS) is 22.9. The van der Waals surface area contributed by atoms with Gasteiger partial charge in [0.05, 0.1) is 26.9 Å². The Hall–Kier alpha value is -1.42. The van der Waals surface area contributed by atoms with Crippen LogP contribution in [0, 0.1) is 5.92 Å². The van der Waals surface area contributed by atoms with Gasteiger partial charge in [0.1, 0.15) is 17.2 Å². The number of hydrogen-bond donors (Lipinski definition) is 1. The van der Waals surface area contributed by atoms with Crippen LogP contribution in [-0.4, -0.2) is 27.9 Å². The highest BCUT2D eigenvalue weighted by Crippen LogP contribution is 2.41. The van der Waals surface area contributed by atoms with Crippen LogP contribution in [0.25, 0.3) is 0 Å². The molecular formula is C14H21NO3. The molecule has 4 heteroatoms. The van der Waals surface area contributed by atoms with Crippen LogP contribution in [0.15, 0.2) is 12.1 Å². The van der Waals surface area contributed by atoms with E-state index in [-0.39, 0.29) is 6.04 Å². The Labute approximate surface area is 108 Å². The molecule has 0 bridgehead atoms. The molecule has 2 atom stereocenters. The van der Waals surface area contributed by atoms with E-state index in [1.165, 1.54) is 0 Å². The first kappa shape index (κ1) is 13.0. The van der Waals surface area contributed by atoms with Crippen LogP contribution in [0.2, 0.25) is 0 Å². The first-order valence-electron chi connectivity index (χ1n) is 6.22.